The maximum Gasteiger partial charge on any atom is 0.124 e. The fourth-order valence-corrected chi connectivity index (χ4v) is 4.74. The van der Waals surface area contributed by atoms with E-state index in [4.69, 9.17) is 0 Å². The molecule has 5 heteroatoms. The highest BCUT2D eigenvalue weighted by atomic mass is 19.1. The molecular formula is C29H21F2N3. The van der Waals surface area contributed by atoms with E-state index in [-0.39, 0.29) is 11.6 Å². The van der Waals surface area contributed by atoms with Crippen LogP contribution in [0, 0.1) is 11.6 Å². The molecule has 6 aromatic rings. The summed E-state index contributed by atoms with van der Waals surface area (Å²) in [7, 11) is 1.94. The van der Waals surface area contributed by atoms with E-state index in [0.717, 1.165) is 55.7 Å². The Balaban J connectivity index is 1.68. The van der Waals surface area contributed by atoms with Crippen molar-refractivity contribution in [2.75, 3.05) is 11.9 Å². The molecule has 3 nitrogen and oxygen atoms in total. The fourth-order valence-electron chi connectivity index (χ4n) is 4.74. The van der Waals surface area contributed by atoms with Crippen molar-refractivity contribution >= 4 is 33.2 Å². The lowest BCUT2D eigenvalue weighted by molar-refractivity contribution is 0.629. The lowest BCUT2D eigenvalue weighted by atomic mass is 10.1. The third kappa shape index (κ3) is 3.25. The Morgan fingerprint density at radius 3 is 1.38 bits per heavy atom. The Morgan fingerprint density at radius 2 is 0.971 bits per heavy atom. The molecule has 0 aliphatic rings. The highest BCUT2D eigenvalue weighted by molar-refractivity contribution is 6.09. The summed E-state index contributed by atoms with van der Waals surface area (Å²) < 4.78 is 28.8. The van der Waals surface area contributed by atoms with Gasteiger partial charge in [0.1, 0.15) is 11.6 Å². The molecular weight excluding hydrogens is 428 g/mol. The quantitative estimate of drug-likeness (QED) is 0.281. The summed E-state index contributed by atoms with van der Waals surface area (Å²) in [6, 6.07) is 29.4. The SMILES string of the molecule is CN(c1c(-c2ccccc2)[nH]c2ccc(F)cc12)c1c(-c2ccccc2)[nH]c2ccc(F)cc12. The second-order valence-corrected chi connectivity index (χ2v) is 8.37. The molecule has 6 rings (SSSR count). The van der Waals surface area contributed by atoms with Crippen LogP contribution in [0.15, 0.2) is 97.1 Å². The number of halogens is 2. The third-order valence-corrected chi connectivity index (χ3v) is 6.26. The lowest BCUT2D eigenvalue weighted by Crippen LogP contribution is -2.11. The van der Waals surface area contributed by atoms with Gasteiger partial charge in [0.2, 0.25) is 0 Å². The highest BCUT2D eigenvalue weighted by Crippen LogP contribution is 2.46. The first-order valence-corrected chi connectivity index (χ1v) is 11.1. The lowest BCUT2D eigenvalue weighted by Gasteiger charge is -2.22. The molecule has 0 fully saturated rings. The molecule has 2 heterocycles. The Kier molecular flexibility index (Phi) is 4.69. The molecule has 2 N–H and O–H groups in total. The Hall–Kier alpha value is -4.38. The number of aromatic amines is 2. The van der Waals surface area contributed by atoms with Gasteiger partial charge in [-0.05, 0) is 36.4 Å². The van der Waals surface area contributed by atoms with Crippen molar-refractivity contribution in [3.63, 3.8) is 0 Å². The van der Waals surface area contributed by atoms with E-state index in [1.54, 1.807) is 24.3 Å². The van der Waals surface area contributed by atoms with Crippen LogP contribution in [-0.2, 0) is 0 Å². The van der Waals surface area contributed by atoms with Crippen LogP contribution in [0.5, 0.6) is 0 Å². The van der Waals surface area contributed by atoms with Gasteiger partial charge in [0.15, 0.2) is 0 Å². The first kappa shape index (κ1) is 20.2. The van der Waals surface area contributed by atoms with Crippen molar-refractivity contribution in [1.82, 2.24) is 9.97 Å². The van der Waals surface area contributed by atoms with Gasteiger partial charge in [0, 0.05) is 40.0 Å². The number of hydrogen-bond acceptors (Lipinski definition) is 1. The average molecular weight is 450 g/mol. The number of H-pyrrole nitrogens is 2. The minimum absolute atomic E-state index is 0.311. The molecule has 0 aliphatic heterocycles. The Bertz CT molecular complexity index is 1510. The van der Waals surface area contributed by atoms with E-state index >= 15 is 0 Å². The van der Waals surface area contributed by atoms with Crippen LogP contribution < -0.4 is 4.90 Å². The van der Waals surface area contributed by atoms with Crippen LogP contribution >= 0.6 is 0 Å². The number of fused-ring (bicyclic) bond motifs is 2. The van der Waals surface area contributed by atoms with Gasteiger partial charge in [-0.25, -0.2) is 8.78 Å². The summed E-state index contributed by atoms with van der Waals surface area (Å²) in [5.41, 5.74) is 7.00. The molecule has 0 atom stereocenters. The molecule has 0 aliphatic carbocycles. The van der Waals surface area contributed by atoms with Gasteiger partial charge >= 0.3 is 0 Å². The molecule has 0 spiro atoms. The molecule has 34 heavy (non-hydrogen) atoms. The van der Waals surface area contributed by atoms with E-state index < -0.39 is 0 Å². The van der Waals surface area contributed by atoms with Gasteiger partial charge in [-0.15, -0.1) is 0 Å². The molecule has 0 saturated heterocycles. The van der Waals surface area contributed by atoms with Crippen molar-refractivity contribution < 1.29 is 8.78 Å². The van der Waals surface area contributed by atoms with E-state index in [9.17, 15) is 8.78 Å². The maximum absolute atomic E-state index is 14.4. The number of anilines is 2. The monoisotopic (exact) mass is 449 g/mol. The van der Waals surface area contributed by atoms with Crippen molar-refractivity contribution in [3.8, 4) is 22.5 Å². The summed E-state index contributed by atoms with van der Waals surface area (Å²) in [6.45, 7) is 0. The molecule has 0 unspecified atom stereocenters. The molecule has 0 radical (unpaired) electrons. The van der Waals surface area contributed by atoms with Crippen LogP contribution in [0.3, 0.4) is 0 Å². The van der Waals surface area contributed by atoms with Crippen molar-refractivity contribution in [2.24, 2.45) is 0 Å². The largest absolute Gasteiger partial charge is 0.353 e. The number of hydrogen-bond donors (Lipinski definition) is 2. The molecule has 0 saturated carbocycles. The molecule has 0 bridgehead atoms. The highest BCUT2D eigenvalue weighted by Gasteiger charge is 2.24. The zero-order valence-corrected chi connectivity index (χ0v) is 18.4. The number of aromatic nitrogens is 2. The van der Waals surface area contributed by atoms with Crippen molar-refractivity contribution in [1.29, 1.82) is 0 Å². The van der Waals surface area contributed by atoms with E-state index in [2.05, 4.69) is 9.97 Å². The number of rotatable bonds is 4. The smallest absolute Gasteiger partial charge is 0.124 e. The molecule has 166 valence electrons. The number of benzene rings is 4. The average Bonchev–Trinajstić information content (AvgIpc) is 3.43. The molecule has 0 amide bonds. The fraction of sp³-hybridized carbons (Fsp3) is 0.0345. The van der Waals surface area contributed by atoms with Crippen molar-refractivity contribution in [2.45, 2.75) is 0 Å². The Labute approximate surface area is 195 Å². The van der Waals surface area contributed by atoms with Crippen LogP contribution in [0.2, 0.25) is 0 Å². The van der Waals surface area contributed by atoms with Gasteiger partial charge in [0.05, 0.1) is 22.8 Å². The predicted molar refractivity (Wildman–Crippen MR) is 135 cm³/mol. The molecule has 4 aromatic carbocycles. The van der Waals surface area contributed by atoms with Gasteiger partial charge in [0.25, 0.3) is 0 Å². The van der Waals surface area contributed by atoms with Crippen LogP contribution in [0.1, 0.15) is 0 Å². The topological polar surface area (TPSA) is 34.8 Å². The van der Waals surface area contributed by atoms with Gasteiger partial charge < -0.3 is 14.9 Å². The second kappa shape index (κ2) is 7.89. The normalized spacial score (nSPS) is 11.4. The van der Waals surface area contributed by atoms with Crippen LogP contribution in [0.4, 0.5) is 20.2 Å². The van der Waals surface area contributed by atoms with Gasteiger partial charge in [-0.3, -0.25) is 0 Å². The first-order valence-electron chi connectivity index (χ1n) is 11.1. The van der Waals surface area contributed by atoms with E-state index in [1.165, 1.54) is 12.1 Å². The number of nitrogens with zero attached hydrogens (tertiary/aromatic N) is 1. The molecule has 2 aromatic heterocycles. The van der Waals surface area contributed by atoms with E-state index in [0.29, 0.717) is 0 Å². The summed E-state index contributed by atoms with van der Waals surface area (Å²) in [5.74, 6) is -0.622. The summed E-state index contributed by atoms with van der Waals surface area (Å²) in [5, 5.41) is 1.51. The standard InChI is InChI=1S/C29H21F2N3/c1-34(28-22-16-20(30)12-14-24(22)32-26(28)18-8-4-2-5-9-18)29-23-17-21(31)13-15-25(23)33-27(29)19-10-6-3-7-11-19/h2-17,32-33H,1H3. The van der Waals surface area contributed by atoms with Gasteiger partial charge in [-0.1, -0.05) is 60.7 Å². The summed E-state index contributed by atoms with van der Waals surface area (Å²) >= 11 is 0. The second-order valence-electron chi connectivity index (χ2n) is 8.37. The minimum Gasteiger partial charge on any atom is -0.353 e. The summed E-state index contributed by atoms with van der Waals surface area (Å²) in [6.07, 6.45) is 0. The Morgan fingerprint density at radius 1 is 0.559 bits per heavy atom. The number of nitrogens with one attached hydrogen (secondary N) is 2. The van der Waals surface area contributed by atoms with Crippen LogP contribution in [0.25, 0.3) is 44.3 Å². The third-order valence-electron chi connectivity index (χ3n) is 6.26. The zero-order valence-electron chi connectivity index (χ0n) is 18.4. The van der Waals surface area contributed by atoms with Crippen molar-refractivity contribution in [3.05, 3.63) is 109 Å². The minimum atomic E-state index is -0.311. The van der Waals surface area contributed by atoms with E-state index in [1.807, 2.05) is 72.6 Å². The maximum atomic E-state index is 14.4. The van der Waals surface area contributed by atoms with Gasteiger partial charge in [-0.2, -0.15) is 0 Å². The zero-order chi connectivity index (χ0) is 23.2. The first-order chi connectivity index (χ1) is 16.6. The van der Waals surface area contributed by atoms with Crippen LogP contribution in [-0.4, -0.2) is 17.0 Å². The predicted octanol–water partition coefficient (Wildman–Crippen LogP) is 8.03. The summed E-state index contributed by atoms with van der Waals surface area (Å²) in [4.78, 5) is 8.98.